The second-order valence-electron chi connectivity index (χ2n) is 10.5. The van der Waals surface area contributed by atoms with Crippen molar-refractivity contribution in [2.75, 3.05) is 13.1 Å². The lowest BCUT2D eigenvalue weighted by Crippen LogP contribution is -2.36. The lowest BCUT2D eigenvalue weighted by atomic mass is 9.98. The minimum absolute atomic E-state index is 0.0390. The Morgan fingerprint density at radius 3 is 1.84 bits per heavy atom. The van der Waals surface area contributed by atoms with Crippen LogP contribution in [0.1, 0.15) is 88.8 Å². The van der Waals surface area contributed by atoms with Crippen LogP contribution in [0.2, 0.25) is 0 Å². The summed E-state index contributed by atoms with van der Waals surface area (Å²) in [6.45, 7) is 10.3. The fourth-order valence-electron chi connectivity index (χ4n) is 5.67. The van der Waals surface area contributed by atoms with Crippen molar-refractivity contribution in [3.05, 3.63) is 52.7 Å². The van der Waals surface area contributed by atoms with Crippen molar-refractivity contribution in [2.24, 2.45) is 11.8 Å². The number of aliphatic hydroxyl groups excluding tert-OH is 1. The molecule has 0 saturated heterocycles. The summed E-state index contributed by atoms with van der Waals surface area (Å²) in [5.74, 6) is 0.938. The van der Waals surface area contributed by atoms with E-state index in [1.807, 2.05) is 17.0 Å². The Labute approximate surface area is 253 Å². The summed E-state index contributed by atoms with van der Waals surface area (Å²) in [7, 11) is 0. The summed E-state index contributed by atoms with van der Waals surface area (Å²) >= 11 is 10.5. The van der Waals surface area contributed by atoms with E-state index >= 15 is 0 Å². The minimum atomic E-state index is -0.836. The summed E-state index contributed by atoms with van der Waals surface area (Å²) in [6.07, 6.45) is 8.17. The zero-order valence-electron chi connectivity index (χ0n) is 22.9. The SMILES string of the molecule is CCCCC(CC)CN1C(=O)C2=C(c3ccc(Br)s3)N(CC(CC)CCCC)C(O)C2=C1c1ccc(Br)s1. The van der Waals surface area contributed by atoms with E-state index in [-0.39, 0.29) is 5.91 Å². The highest BCUT2D eigenvalue weighted by atomic mass is 79.9. The lowest BCUT2D eigenvalue weighted by molar-refractivity contribution is -0.123. The molecule has 2 aromatic heterocycles. The van der Waals surface area contributed by atoms with Crippen LogP contribution in [0.5, 0.6) is 0 Å². The normalized spacial score (nSPS) is 19.2. The van der Waals surface area contributed by atoms with Gasteiger partial charge in [-0.15, -0.1) is 22.7 Å². The Kier molecular flexibility index (Phi) is 10.8. The van der Waals surface area contributed by atoms with Gasteiger partial charge < -0.3 is 14.9 Å². The molecule has 0 bridgehead atoms. The Bertz CT molecular complexity index is 1180. The second kappa shape index (κ2) is 13.6. The van der Waals surface area contributed by atoms with Crippen molar-refractivity contribution in [3.63, 3.8) is 0 Å². The predicted molar refractivity (Wildman–Crippen MR) is 169 cm³/mol. The van der Waals surface area contributed by atoms with Crippen molar-refractivity contribution in [1.29, 1.82) is 0 Å². The molecule has 2 aliphatic rings. The van der Waals surface area contributed by atoms with Gasteiger partial charge in [-0.3, -0.25) is 4.79 Å². The summed E-state index contributed by atoms with van der Waals surface area (Å²) in [5.41, 5.74) is 3.29. The van der Waals surface area contributed by atoms with Gasteiger partial charge in [0.05, 0.1) is 34.3 Å². The molecule has 4 rings (SSSR count). The van der Waals surface area contributed by atoms with Gasteiger partial charge in [-0.25, -0.2) is 0 Å². The van der Waals surface area contributed by atoms with Crippen LogP contribution in [0.15, 0.2) is 43.0 Å². The third-order valence-corrected chi connectivity index (χ3v) is 11.2. The molecule has 0 fully saturated rings. The molecule has 4 nitrogen and oxygen atoms in total. The molecule has 8 heteroatoms. The largest absolute Gasteiger partial charge is 0.369 e. The molecule has 1 N–H and O–H groups in total. The topological polar surface area (TPSA) is 43.8 Å². The first kappa shape index (κ1) is 30.0. The van der Waals surface area contributed by atoms with Crippen molar-refractivity contribution in [3.8, 4) is 0 Å². The van der Waals surface area contributed by atoms with Crippen LogP contribution in [-0.2, 0) is 4.79 Å². The van der Waals surface area contributed by atoms with Gasteiger partial charge in [-0.2, -0.15) is 0 Å². The van der Waals surface area contributed by atoms with Gasteiger partial charge in [0.15, 0.2) is 6.23 Å². The van der Waals surface area contributed by atoms with Crippen molar-refractivity contribution < 1.29 is 9.90 Å². The molecule has 208 valence electrons. The van der Waals surface area contributed by atoms with Crippen LogP contribution in [0, 0.1) is 11.8 Å². The number of hydrogen-bond donors (Lipinski definition) is 1. The van der Waals surface area contributed by atoms with Crippen LogP contribution in [-0.4, -0.2) is 40.1 Å². The van der Waals surface area contributed by atoms with Crippen molar-refractivity contribution >= 4 is 71.8 Å². The van der Waals surface area contributed by atoms with E-state index in [0.29, 0.717) is 24.0 Å². The molecular weight excluding hydrogens is 644 g/mol. The summed E-state index contributed by atoms with van der Waals surface area (Å²) in [6, 6.07) is 8.25. The average Bonchev–Trinajstić information content (AvgIpc) is 3.66. The van der Waals surface area contributed by atoms with Crippen LogP contribution >= 0.6 is 54.5 Å². The van der Waals surface area contributed by atoms with E-state index in [2.05, 4.69) is 76.6 Å². The number of carbonyl (C=O) groups is 1. The summed E-state index contributed by atoms with van der Waals surface area (Å²) < 4.78 is 2.06. The Morgan fingerprint density at radius 2 is 1.37 bits per heavy atom. The number of amides is 1. The number of halogens is 2. The minimum Gasteiger partial charge on any atom is -0.369 e. The third-order valence-electron chi connectivity index (χ3n) is 7.93. The zero-order chi connectivity index (χ0) is 27.4. The molecule has 0 radical (unpaired) electrons. The van der Waals surface area contributed by atoms with Gasteiger partial charge >= 0.3 is 0 Å². The molecule has 3 atom stereocenters. The Balaban J connectivity index is 1.85. The Hall–Kier alpha value is -0.930. The molecule has 38 heavy (non-hydrogen) atoms. The number of nitrogens with zero attached hydrogens (tertiary/aromatic N) is 2. The second-order valence-corrected chi connectivity index (χ2v) is 15.4. The smallest absolute Gasteiger partial charge is 0.261 e. The number of thiophene rings is 2. The molecule has 0 aliphatic carbocycles. The van der Waals surface area contributed by atoms with E-state index in [9.17, 15) is 9.90 Å². The highest BCUT2D eigenvalue weighted by molar-refractivity contribution is 9.11. The van der Waals surface area contributed by atoms with Crippen LogP contribution < -0.4 is 0 Å². The maximum absolute atomic E-state index is 14.4. The van der Waals surface area contributed by atoms with E-state index in [1.165, 1.54) is 12.8 Å². The van der Waals surface area contributed by atoms with E-state index in [1.54, 1.807) is 22.7 Å². The standard InChI is InChI=1S/C30H40Br2N2O2S2/c1-5-9-11-19(7-3)17-33-27(21-13-15-23(31)37-21)25-26(29(33)35)28(22-14-16-24(32)38-22)34(30(25)36)18-20(8-4)12-10-6-2/h13-16,19-20,29,35H,5-12,17-18H2,1-4H3. The predicted octanol–water partition coefficient (Wildman–Crippen LogP) is 9.37. The highest BCUT2D eigenvalue weighted by Crippen LogP contribution is 2.51. The number of rotatable bonds is 14. The highest BCUT2D eigenvalue weighted by Gasteiger charge is 2.49. The number of carbonyl (C=O) groups excluding carboxylic acids is 1. The number of aliphatic hydroxyl groups is 1. The first-order valence-electron chi connectivity index (χ1n) is 14.1. The maximum atomic E-state index is 14.4. The Morgan fingerprint density at radius 1 is 0.842 bits per heavy atom. The monoisotopic (exact) mass is 682 g/mol. The van der Waals surface area contributed by atoms with Gasteiger partial charge in [0, 0.05) is 18.7 Å². The molecule has 4 heterocycles. The molecular formula is C30H40Br2N2O2S2. The molecule has 3 unspecified atom stereocenters. The molecule has 2 aromatic rings. The number of unbranched alkanes of at least 4 members (excludes halogenated alkanes) is 2. The number of fused-ring (bicyclic) bond motifs is 1. The third kappa shape index (κ3) is 6.19. The summed E-state index contributed by atoms with van der Waals surface area (Å²) in [4.78, 5) is 20.6. The fourth-order valence-corrected chi connectivity index (χ4v) is 8.58. The van der Waals surface area contributed by atoms with Gasteiger partial charge in [-0.05, 0) is 80.8 Å². The number of hydrogen-bond acceptors (Lipinski definition) is 5. The van der Waals surface area contributed by atoms with E-state index in [0.717, 1.165) is 79.4 Å². The average molecular weight is 685 g/mol. The van der Waals surface area contributed by atoms with Gasteiger partial charge in [0.2, 0.25) is 0 Å². The van der Waals surface area contributed by atoms with Crippen molar-refractivity contribution in [1.82, 2.24) is 9.80 Å². The lowest BCUT2D eigenvalue weighted by Gasteiger charge is -2.32. The van der Waals surface area contributed by atoms with Crippen LogP contribution in [0.4, 0.5) is 0 Å². The molecule has 2 aliphatic heterocycles. The maximum Gasteiger partial charge on any atom is 0.261 e. The first-order valence-corrected chi connectivity index (χ1v) is 17.3. The molecule has 1 amide bonds. The van der Waals surface area contributed by atoms with E-state index < -0.39 is 6.23 Å². The van der Waals surface area contributed by atoms with Crippen molar-refractivity contribution in [2.45, 2.75) is 85.3 Å². The van der Waals surface area contributed by atoms with Gasteiger partial charge in [0.1, 0.15) is 0 Å². The first-order chi connectivity index (χ1) is 18.3. The fraction of sp³-hybridized carbons (Fsp3) is 0.567. The molecule has 0 saturated carbocycles. The molecule has 0 aromatic carbocycles. The van der Waals surface area contributed by atoms with Gasteiger partial charge in [0.25, 0.3) is 5.91 Å². The molecule has 0 spiro atoms. The van der Waals surface area contributed by atoms with Gasteiger partial charge in [-0.1, -0.05) is 66.2 Å². The zero-order valence-corrected chi connectivity index (χ0v) is 27.7. The summed E-state index contributed by atoms with van der Waals surface area (Å²) in [5, 5.41) is 12.0. The van der Waals surface area contributed by atoms with Crippen LogP contribution in [0.25, 0.3) is 11.4 Å². The van der Waals surface area contributed by atoms with Crippen LogP contribution in [0.3, 0.4) is 0 Å². The van der Waals surface area contributed by atoms with E-state index in [4.69, 9.17) is 0 Å². The quantitative estimate of drug-likeness (QED) is 0.216.